The van der Waals surface area contributed by atoms with E-state index >= 15 is 0 Å². The van der Waals surface area contributed by atoms with Crippen molar-refractivity contribution < 1.29 is 4.39 Å². The second kappa shape index (κ2) is 4.09. The van der Waals surface area contributed by atoms with Crippen molar-refractivity contribution in [3.63, 3.8) is 0 Å². The molecule has 1 heterocycles. The van der Waals surface area contributed by atoms with Crippen molar-refractivity contribution >= 4 is 11.8 Å². The van der Waals surface area contributed by atoms with Crippen molar-refractivity contribution in [2.75, 3.05) is 5.75 Å². The first-order chi connectivity index (χ1) is 6.04. The molecule has 0 bridgehead atoms. The zero-order valence-electron chi connectivity index (χ0n) is 8.17. The molecule has 0 spiro atoms. The predicted octanol–water partition coefficient (Wildman–Crippen LogP) is 3.40. The molecule has 0 saturated carbocycles. The zero-order chi connectivity index (χ0) is 9.90. The molecule has 3 heteroatoms. The Morgan fingerprint density at radius 2 is 2.15 bits per heavy atom. The van der Waals surface area contributed by atoms with E-state index in [1.54, 1.807) is 24.0 Å². The summed E-state index contributed by atoms with van der Waals surface area (Å²) in [5.41, 5.74) is -0.657. The van der Waals surface area contributed by atoms with Crippen LogP contribution in [0.1, 0.15) is 26.3 Å². The number of hydrogen-bond acceptors (Lipinski definition) is 2. The Kier molecular flexibility index (Phi) is 3.31. The highest BCUT2D eigenvalue weighted by Crippen LogP contribution is 2.25. The van der Waals surface area contributed by atoms with Crippen molar-refractivity contribution in [3.8, 4) is 0 Å². The van der Waals surface area contributed by atoms with E-state index in [0.717, 1.165) is 10.8 Å². The van der Waals surface area contributed by atoms with Crippen LogP contribution in [0.3, 0.4) is 0 Å². The molecule has 72 valence electrons. The third kappa shape index (κ3) is 2.99. The summed E-state index contributed by atoms with van der Waals surface area (Å²) in [5.74, 6) is 0.991. The van der Waals surface area contributed by atoms with Crippen LogP contribution >= 0.6 is 11.8 Å². The lowest BCUT2D eigenvalue weighted by atomic mass is 10.0. The van der Waals surface area contributed by atoms with Gasteiger partial charge in [0.25, 0.3) is 0 Å². The molecule has 0 unspecified atom stereocenters. The highest BCUT2D eigenvalue weighted by Gasteiger charge is 2.18. The van der Waals surface area contributed by atoms with Crippen LogP contribution in [0.4, 0.5) is 4.39 Å². The summed E-state index contributed by atoms with van der Waals surface area (Å²) in [5, 5.41) is 0.954. The normalized spacial score (nSPS) is 11.7. The van der Waals surface area contributed by atoms with E-state index in [0.29, 0.717) is 5.56 Å². The van der Waals surface area contributed by atoms with Gasteiger partial charge in [0, 0.05) is 11.8 Å². The quantitative estimate of drug-likeness (QED) is 0.692. The summed E-state index contributed by atoms with van der Waals surface area (Å²) in [4.78, 5) is 4.16. The second-order valence-corrected chi connectivity index (χ2v) is 4.57. The molecule has 0 aliphatic heterocycles. The molecule has 1 aromatic rings. The molecule has 1 rings (SSSR count). The van der Waals surface area contributed by atoms with E-state index < -0.39 is 5.67 Å². The van der Waals surface area contributed by atoms with Gasteiger partial charge in [-0.25, -0.2) is 9.37 Å². The predicted molar refractivity (Wildman–Crippen MR) is 54.8 cm³/mol. The van der Waals surface area contributed by atoms with E-state index in [1.807, 2.05) is 6.07 Å². The lowest BCUT2D eigenvalue weighted by Gasteiger charge is -2.13. The minimum atomic E-state index is -1.29. The fourth-order valence-electron chi connectivity index (χ4n) is 0.965. The number of hydrogen-bond donors (Lipinski definition) is 0. The van der Waals surface area contributed by atoms with Crippen LogP contribution in [0.2, 0.25) is 0 Å². The van der Waals surface area contributed by atoms with E-state index in [1.165, 1.54) is 13.8 Å². The van der Waals surface area contributed by atoms with E-state index in [2.05, 4.69) is 11.9 Å². The van der Waals surface area contributed by atoms with Crippen LogP contribution in [0.5, 0.6) is 0 Å². The molecular formula is C10H14FNS. The smallest absolute Gasteiger partial charge is 0.131 e. The molecule has 0 aliphatic rings. The van der Waals surface area contributed by atoms with Crippen molar-refractivity contribution in [3.05, 3.63) is 23.9 Å². The molecule has 0 radical (unpaired) electrons. The van der Waals surface area contributed by atoms with Gasteiger partial charge in [0.15, 0.2) is 0 Å². The van der Waals surface area contributed by atoms with E-state index in [-0.39, 0.29) is 0 Å². The molecule has 13 heavy (non-hydrogen) atoms. The molecule has 0 N–H and O–H groups in total. The molecule has 0 aliphatic carbocycles. The molecule has 0 fully saturated rings. The third-order valence-corrected chi connectivity index (χ3v) is 2.54. The second-order valence-electron chi connectivity index (χ2n) is 3.29. The van der Waals surface area contributed by atoms with Gasteiger partial charge in [0.05, 0.1) is 5.03 Å². The molecule has 1 aromatic heterocycles. The van der Waals surface area contributed by atoms with E-state index in [9.17, 15) is 4.39 Å². The Hall–Kier alpha value is -0.570. The first-order valence-corrected chi connectivity index (χ1v) is 5.31. The number of aromatic nitrogens is 1. The minimum absolute atomic E-state index is 0.632. The fraction of sp³-hybridized carbons (Fsp3) is 0.500. The van der Waals surface area contributed by atoms with Crippen molar-refractivity contribution in [2.45, 2.75) is 31.5 Å². The SMILES string of the molecule is CCSc1ccc(C(C)(C)F)cn1. The van der Waals surface area contributed by atoms with Crippen molar-refractivity contribution in [1.29, 1.82) is 0 Å². The summed E-state index contributed by atoms with van der Waals surface area (Å²) >= 11 is 1.66. The number of alkyl halides is 1. The van der Waals surface area contributed by atoms with Crippen LogP contribution in [-0.4, -0.2) is 10.7 Å². The lowest BCUT2D eigenvalue weighted by molar-refractivity contribution is 0.220. The summed E-state index contributed by atoms with van der Waals surface area (Å²) in [7, 11) is 0. The molecule has 0 atom stereocenters. The van der Waals surface area contributed by atoms with Crippen LogP contribution < -0.4 is 0 Å². The summed E-state index contributed by atoms with van der Waals surface area (Å²) in [6.45, 7) is 5.15. The van der Waals surface area contributed by atoms with Gasteiger partial charge in [-0.05, 0) is 25.7 Å². The minimum Gasteiger partial charge on any atom is -0.250 e. The number of nitrogens with zero attached hydrogens (tertiary/aromatic N) is 1. The highest BCUT2D eigenvalue weighted by molar-refractivity contribution is 7.99. The number of thioether (sulfide) groups is 1. The monoisotopic (exact) mass is 199 g/mol. The van der Waals surface area contributed by atoms with Gasteiger partial charge in [-0.3, -0.25) is 0 Å². The van der Waals surface area contributed by atoms with Gasteiger partial charge >= 0.3 is 0 Å². The molecule has 1 nitrogen and oxygen atoms in total. The largest absolute Gasteiger partial charge is 0.250 e. The van der Waals surface area contributed by atoms with Gasteiger partial charge in [-0.15, -0.1) is 11.8 Å². The van der Waals surface area contributed by atoms with Gasteiger partial charge < -0.3 is 0 Å². The Morgan fingerprint density at radius 3 is 2.54 bits per heavy atom. The number of halogens is 1. The Labute approximate surface area is 82.8 Å². The van der Waals surface area contributed by atoms with Crippen LogP contribution in [0.25, 0.3) is 0 Å². The number of rotatable bonds is 3. The summed E-state index contributed by atoms with van der Waals surface area (Å²) < 4.78 is 13.4. The Morgan fingerprint density at radius 1 is 1.46 bits per heavy atom. The number of pyridine rings is 1. The first-order valence-electron chi connectivity index (χ1n) is 4.32. The van der Waals surface area contributed by atoms with Gasteiger partial charge in [-0.1, -0.05) is 13.0 Å². The summed E-state index contributed by atoms with van der Waals surface area (Å²) in [6, 6.07) is 3.66. The van der Waals surface area contributed by atoms with E-state index in [4.69, 9.17) is 0 Å². The lowest BCUT2D eigenvalue weighted by Crippen LogP contribution is -2.09. The maximum atomic E-state index is 13.4. The Bertz CT molecular complexity index is 263. The topological polar surface area (TPSA) is 12.9 Å². The molecular weight excluding hydrogens is 185 g/mol. The maximum Gasteiger partial charge on any atom is 0.131 e. The molecule has 0 amide bonds. The van der Waals surface area contributed by atoms with Crippen LogP contribution in [0.15, 0.2) is 23.4 Å². The molecule has 0 aromatic carbocycles. The van der Waals surface area contributed by atoms with Crippen molar-refractivity contribution in [1.82, 2.24) is 4.98 Å². The Balaban J connectivity index is 2.81. The average Bonchev–Trinajstić information content (AvgIpc) is 2.04. The van der Waals surface area contributed by atoms with Gasteiger partial charge in [0.1, 0.15) is 5.67 Å². The fourth-order valence-corrected chi connectivity index (χ4v) is 1.55. The third-order valence-electron chi connectivity index (χ3n) is 1.72. The van der Waals surface area contributed by atoms with Gasteiger partial charge in [-0.2, -0.15) is 0 Å². The zero-order valence-corrected chi connectivity index (χ0v) is 8.99. The molecule has 0 saturated heterocycles. The standard InChI is InChI=1S/C10H14FNS/c1-4-13-9-6-5-8(7-12-9)10(2,3)11/h5-7H,4H2,1-3H3. The average molecular weight is 199 g/mol. The van der Waals surface area contributed by atoms with Crippen molar-refractivity contribution in [2.24, 2.45) is 0 Å². The highest BCUT2D eigenvalue weighted by atomic mass is 32.2. The maximum absolute atomic E-state index is 13.4. The van der Waals surface area contributed by atoms with Crippen LogP contribution in [0, 0.1) is 0 Å². The van der Waals surface area contributed by atoms with Crippen LogP contribution in [-0.2, 0) is 5.67 Å². The van der Waals surface area contributed by atoms with Gasteiger partial charge in [0.2, 0.25) is 0 Å². The first kappa shape index (κ1) is 10.5. The summed E-state index contributed by atoms with van der Waals surface area (Å²) in [6.07, 6.45) is 1.61.